The zero-order valence-corrected chi connectivity index (χ0v) is 17.4. The summed E-state index contributed by atoms with van der Waals surface area (Å²) in [6.45, 7) is 4.78. The molecule has 0 radical (unpaired) electrons. The van der Waals surface area contributed by atoms with Gasteiger partial charge >= 0.3 is 0 Å². The molecule has 4 saturated carbocycles. The predicted octanol–water partition coefficient (Wildman–Crippen LogP) is 5.65. The Bertz CT molecular complexity index is 796. The highest BCUT2D eigenvalue weighted by molar-refractivity contribution is 6.05. The molecule has 2 heteroatoms. The number of hydrogen-bond donors (Lipinski definition) is 1. The second-order valence-electron chi connectivity index (χ2n) is 10.7. The van der Waals surface area contributed by atoms with Gasteiger partial charge in [0, 0.05) is 5.41 Å². The fourth-order valence-electron chi connectivity index (χ4n) is 7.79. The third-order valence-electron chi connectivity index (χ3n) is 9.42. The minimum Gasteiger partial charge on any atom is -0.393 e. The minimum absolute atomic E-state index is 0.0862. The maximum absolute atomic E-state index is 13.4. The molecule has 0 spiro atoms. The highest BCUT2D eigenvalue weighted by Crippen LogP contribution is 2.66. The summed E-state index contributed by atoms with van der Waals surface area (Å²) in [5.74, 6) is 3.03. The van der Waals surface area contributed by atoms with E-state index in [4.69, 9.17) is 0 Å². The van der Waals surface area contributed by atoms with Crippen LogP contribution in [0.4, 0.5) is 0 Å². The number of allylic oxidation sites excluding steroid dienone is 1. The summed E-state index contributed by atoms with van der Waals surface area (Å²) < 4.78 is 0. The molecule has 0 unspecified atom stereocenters. The van der Waals surface area contributed by atoms with E-state index >= 15 is 0 Å². The van der Waals surface area contributed by atoms with E-state index in [-0.39, 0.29) is 11.5 Å². The Labute approximate surface area is 169 Å². The van der Waals surface area contributed by atoms with Crippen LogP contribution in [0.3, 0.4) is 0 Å². The Morgan fingerprint density at radius 3 is 2.57 bits per heavy atom. The zero-order chi connectivity index (χ0) is 19.5. The molecular weight excluding hydrogens is 344 g/mol. The average Bonchev–Trinajstić information content (AvgIpc) is 2.94. The van der Waals surface area contributed by atoms with E-state index in [2.05, 4.69) is 44.2 Å². The molecule has 0 aromatic heterocycles. The molecule has 4 aliphatic rings. The van der Waals surface area contributed by atoms with E-state index in [0.717, 1.165) is 42.7 Å². The number of ketones is 1. The van der Waals surface area contributed by atoms with E-state index in [0.29, 0.717) is 29.0 Å². The SMILES string of the molecule is C[C@]12CC[C@H](O)C[C@@H]1CC[C@@H]1[C@@H]2CC[C@]2(C)C(=O)C(=Cc3ccccc3)C[C@@H]12. The number of aliphatic hydroxyl groups excluding tert-OH is 1. The second-order valence-corrected chi connectivity index (χ2v) is 10.7. The first-order chi connectivity index (χ1) is 13.4. The quantitative estimate of drug-likeness (QED) is 0.641. The average molecular weight is 379 g/mol. The Kier molecular flexibility index (Phi) is 4.36. The Morgan fingerprint density at radius 1 is 1.00 bits per heavy atom. The van der Waals surface area contributed by atoms with Gasteiger partial charge < -0.3 is 5.11 Å². The number of fused-ring (bicyclic) bond motifs is 5. The van der Waals surface area contributed by atoms with Gasteiger partial charge in [0.1, 0.15) is 0 Å². The molecule has 4 aliphatic carbocycles. The molecule has 0 amide bonds. The molecule has 0 heterocycles. The van der Waals surface area contributed by atoms with Crippen LogP contribution in [0.1, 0.15) is 70.8 Å². The van der Waals surface area contributed by atoms with Crippen LogP contribution >= 0.6 is 0 Å². The largest absolute Gasteiger partial charge is 0.393 e. The fourth-order valence-corrected chi connectivity index (χ4v) is 7.79. The highest BCUT2D eigenvalue weighted by Gasteiger charge is 2.61. The smallest absolute Gasteiger partial charge is 0.165 e. The van der Waals surface area contributed by atoms with Crippen LogP contribution in [-0.2, 0) is 4.79 Å². The zero-order valence-electron chi connectivity index (χ0n) is 17.4. The van der Waals surface area contributed by atoms with Crippen molar-refractivity contribution >= 4 is 11.9 Å². The predicted molar refractivity (Wildman–Crippen MR) is 113 cm³/mol. The van der Waals surface area contributed by atoms with E-state index < -0.39 is 0 Å². The van der Waals surface area contributed by atoms with Gasteiger partial charge in [-0.1, -0.05) is 44.2 Å². The van der Waals surface area contributed by atoms with E-state index in [1.54, 1.807) is 0 Å². The van der Waals surface area contributed by atoms with Crippen molar-refractivity contribution in [3.63, 3.8) is 0 Å². The van der Waals surface area contributed by atoms with Crippen LogP contribution in [0.2, 0.25) is 0 Å². The second kappa shape index (κ2) is 6.55. The molecule has 7 atom stereocenters. The lowest BCUT2D eigenvalue weighted by molar-refractivity contribution is -0.141. The minimum atomic E-state index is -0.154. The summed E-state index contributed by atoms with van der Waals surface area (Å²) in [6, 6.07) is 10.3. The number of hydrogen-bond acceptors (Lipinski definition) is 2. The van der Waals surface area contributed by atoms with Gasteiger partial charge in [-0.25, -0.2) is 0 Å². The maximum Gasteiger partial charge on any atom is 0.165 e. The van der Waals surface area contributed by atoms with Gasteiger partial charge in [0.05, 0.1) is 6.10 Å². The molecule has 0 aliphatic heterocycles. The van der Waals surface area contributed by atoms with E-state index in [1.165, 1.54) is 25.7 Å². The summed E-state index contributed by atoms with van der Waals surface area (Å²) >= 11 is 0. The van der Waals surface area contributed by atoms with Gasteiger partial charge in [0.2, 0.25) is 0 Å². The van der Waals surface area contributed by atoms with Crippen LogP contribution in [0.5, 0.6) is 0 Å². The first-order valence-corrected chi connectivity index (χ1v) is 11.4. The van der Waals surface area contributed by atoms with Crippen molar-refractivity contribution in [2.24, 2.45) is 34.5 Å². The number of benzene rings is 1. The van der Waals surface area contributed by atoms with Crippen LogP contribution in [-0.4, -0.2) is 17.0 Å². The number of rotatable bonds is 1. The van der Waals surface area contributed by atoms with Crippen molar-refractivity contribution in [1.82, 2.24) is 0 Å². The summed E-state index contributed by atoms with van der Waals surface area (Å²) in [6.07, 6.45) is 10.9. The molecule has 2 nitrogen and oxygen atoms in total. The first-order valence-electron chi connectivity index (χ1n) is 11.4. The van der Waals surface area contributed by atoms with Crippen molar-refractivity contribution in [2.75, 3.05) is 0 Å². The fraction of sp³-hybridized carbons (Fsp3) is 0.654. The van der Waals surface area contributed by atoms with Crippen molar-refractivity contribution in [3.05, 3.63) is 41.5 Å². The number of carbonyl (C=O) groups is 1. The lowest BCUT2D eigenvalue weighted by Gasteiger charge is -2.59. The molecule has 28 heavy (non-hydrogen) atoms. The Balaban J connectivity index is 1.45. The molecule has 150 valence electrons. The van der Waals surface area contributed by atoms with Crippen molar-refractivity contribution in [3.8, 4) is 0 Å². The summed E-state index contributed by atoms with van der Waals surface area (Å²) in [7, 11) is 0. The Morgan fingerprint density at radius 2 is 1.79 bits per heavy atom. The molecule has 1 N–H and O–H groups in total. The maximum atomic E-state index is 13.4. The summed E-state index contributed by atoms with van der Waals surface area (Å²) in [4.78, 5) is 13.4. The van der Waals surface area contributed by atoms with Crippen LogP contribution in [0, 0.1) is 34.5 Å². The van der Waals surface area contributed by atoms with Crippen LogP contribution in [0.25, 0.3) is 6.08 Å². The molecule has 0 bridgehead atoms. The lowest BCUT2D eigenvalue weighted by atomic mass is 9.45. The third-order valence-corrected chi connectivity index (χ3v) is 9.42. The van der Waals surface area contributed by atoms with Gasteiger partial charge in [0.25, 0.3) is 0 Å². The van der Waals surface area contributed by atoms with Gasteiger partial charge in [-0.3, -0.25) is 4.79 Å². The lowest BCUT2D eigenvalue weighted by Crippen LogP contribution is -2.54. The molecule has 0 saturated heterocycles. The molecule has 1 aromatic rings. The number of Topliss-reactive ketones (excluding diaryl/α,β-unsaturated/α-hetero) is 1. The standard InChI is InChI=1S/C26H34O2/c1-25-12-10-20(27)16-19(25)8-9-21-22(25)11-13-26(2)23(21)15-18(24(26)28)14-17-6-4-3-5-7-17/h3-7,14,19-23,27H,8-13,15-16H2,1-2H3/t19-,20-,21+,22-,23-,25-,26-/m0/s1. The van der Waals surface area contributed by atoms with Gasteiger partial charge in [-0.2, -0.15) is 0 Å². The molecule has 1 aromatic carbocycles. The molecule has 4 fully saturated rings. The Hall–Kier alpha value is -1.41. The molecule has 5 rings (SSSR count). The summed E-state index contributed by atoms with van der Waals surface area (Å²) in [5.41, 5.74) is 2.43. The topological polar surface area (TPSA) is 37.3 Å². The van der Waals surface area contributed by atoms with Crippen molar-refractivity contribution < 1.29 is 9.90 Å². The van der Waals surface area contributed by atoms with Crippen molar-refractivity contribution in [1.29, 1.82) is 0 Å². The van der Waals surface area contributed by atoms with E-state index in [9.17, 15) is 9.90 Å². The number of carbonyl (C=O) groups excluding carboxylic acids is 1. The van der Waals surface area contributed by atoms with Gasteiger partial charge in [-0.15, -0.1) is 0 Å². The van der Waals surface area contributed by atoms with E-state index in [1.807, 2.05) is 6.07 Å². The highest BCUT2D eigenvalue weighted by atomic mass is 16.3. The van der Waals surface area contributed by atoms with Crippen LogP contribution in [0.15, 0.2) is 35.9 Å². The summed E-state index contributed by atoms with van der Waals surface area (Å²) in [5, 5.41) is 10.2. The van der Waals surface area contributed by atoms with Gasteiger partial charge in [-0.05, 0) is 97.7 Å². The third kappa shape index (κ3) is 2.67. The monoisotopic (exact) mass is 378 g/mol. The first kappa shape index (κ1) is 18.6. The van der Waals surface area contributed by atoms with Gasteiger partial charge in [0.15, 0.2) is 5.78 Å². The van der Waals surface area contributed by atoms with Crippen molar-refractivity contribution in [2.45, 2.75) is 71.3 Å². The normalized spacial score (nSPS) is 46.8. The number of aliphatic hydroxyl groups is 1. The van der Waals surface area contributed by atoms with Crippen LogP contribution < -0.4 is 0 Å². The molecular formula is C26H34O2.